The Bertz CT molecular complexity index is 1150. The van der Waals surface area contributed by atoms with Gasteiger partial charge in [0.1, 0.15) is 5.52 Å². The van der Waals surface area contributed by atoms with Crippen LogP contribution in [0.25, 0.3) is 11.0 Å². The van der Waals surface area contributed by atoms with Crippen molar-refractivity contribution in [2.75, 3.05) is 11.9 Å². The van der Waals surface area contributed by atoms with Crippen LogP contribution in [0, 0.1) is 26.5 Å². The van der Waals surface area contributed by atoms with Crippen molar-refractivity contribution in [3.8, 4) is 0 Å². The summed E-state index contributed by atoms with van der Waals surface area (Å²) < 4.78 is 1.05. The monoisotopic (exact) mass is 519 g/mol. The minimum Gasteiger partial charge on any atom is -0.354 e. The van der Waals surface area contributed by atoms with Crippen molar-refractivity contribution in [1.29, 1.82) is 0 Å². The molecule has 1 fully saturated rings. The van der Waals surface area contributed by atoms with Crippen LogP contribution in [0.5, 0.6) is 0 Å². The summed E-state index contributed by atoms with van der Waals surface area (Å²) in [5.74, 6) is -0.0764. The number of anilines is 2. The molecule has 1 amide bonds. The molecule has 154 valence electrons. The second kappa shape index (κ2) is 8.48. The van der Waals surface area contributed by atoms with Crippen LogP contribution < -0.4 is 10.8 Å². The van der Waals surface area contributed by atoms with Crippen molar-refractivity contribution in [3.63, 3.8) is 0 Å². The molecule has 0 atom stereocenters. The summed E-state index contributed by atoms with van der Waals surface area (Å²) in [6.45, 7) is 2.35. The molecule has 2 N–H and O–H groups in total. The van der Waals surface area contributed by atoms with Gasteiger partial charge in [0.25, 0.3) is 11.6 Å². The number of fused-ring (bicyclic) bond motifs is 1. The predicted molar refractivity (Wildman–Crippen MR) is 120 cm³/mol. The van der Waals surface area contributed by atoms with Gasteiger partial charge < -0.3 is 5.32 Å². The standard InChI is InChI=1S/C20H18IN5O4/c1-11-8-13(21)4-5-14(11)24-15-9-16(26(28)29)18-19(23-7-6-22-18)17(15)20(27)25-30-10-12-2-3-12/h4-9,12,24H,2-3,10H2,1H3,(H,25,27). The molecule has 10 heteroatoms. The van der Waals surface area contributed by atoms with Crippen molar-refractivity contribution in [3.05, 3.63) is 61.5 Å². The Morgan fingerprint density at radius 2 is 1.97 bits per heavy atom. The zero-order valence-corrected chi connectivity index (χ0v) is 18.2. The van der Waals surface area contributed by atoms with E-state index in [0.717, 1.165) is 27.7 Å². The Kier molecular flexibility index (Phi) is 5.77. The van der Waals surface area contributed by atoms with E-state index in [4.69, 9.17) is 4.84 Å². The Morgan fingerprint density at radius 1 is 1.23 bits per heavy atom. The molecule has 4 rings (SSSR count). The van der Waals surface area contributed by atoms with E-state index in [-0.39, 0.29) is 28.0 Å². The average Bonchev–Trinajstić information content (AvgIpc) is 3.53. The van der Waals surface area contributed by atoms with E-state index in [2.05, 4.69) is 43.4 Å². The zero-order valence-electron chi connectivity index (χ0n) is 16.0. The van der Waals surface area contributed by atoms with Crippen LogP contribution in [-0.4, -0.2) is 27.4 Å². The van der Waals surface area contributed by atoms with Crippen LogP contribution in [0.1, 0.15) is 28.8 Å². The van der Waals surface area contributed by atoms with Crippen LogP contribution >= 0.6 is 22.6 Å². The molecule has 30 heavy (non-hydrogen) atoms. The average molecular weight is 519 g/mol. The summed E-state index contributed by atoms with van der Waals surface area (Å²) in [5, 5.41) is 14.8. The number of hydrogen-bond donors (Lipinski definition) is 2. The predicted octanol–water partition coefficient (Wildman–Crippen LogP) is 4.27. The second-order valence-corrected chi connectivity index (χ2v) is 8.34. The first-order valence-corrected chi connectivity index (χ1v) is 10.4. The summed E-state index contributed by atoms with van der Waals surface area (Å²) in [7, 11) is 0. The maximum absolute atomic E-state index is 13.0. The van der Waals surface area contributed by atoms with Crippen molar-refractivity contribution in [2.24, 2.45) is 5.92 Å². The van der Waals surface area contributed by atoms with Gasteiger partial charge in [-0.2, -0.15) is 0 Å². The molecule has 0 aliphatic heterocycles. The first-order chi connectivity index (χ1) is 14.4. The highest BCUT2D eigenvalue weighted by molar-refractivity contribution is 14.1. The fourth-order valence-electron chi connectivity index (χ4n) is 3.05. The lowest BCUT2D eigenvalue weighted by molar-refractivity contribution is -0.383. The molecule has 0 saturated heterocycles. The fraction of sp³-hybridized carbons (Fsp3) is 0.250. The number of carbonyl (C=O) groups excluding carboxylic acids is 1. The molecular weight excluding hydrogens is 501 g/mol. The number of nitro benzene ring substituents is 1. The van der Waals surface area contributed by atoms with Gasteiger partial charge in [0, 0.05) is 27.7 Å². The van der Waals surface area contributed by atoms with Gasteiger partial charge in [-0.05, 0) is 72.0 Å². The summed E-state index contributed by atoms with van der Waals surface area (Å²) in [5.41, 5.74) is 4.42. The number of nitrogens with one attached hydrogen (secondary N) is 2. The number of amides is 1. The molecule has 0 radical (unpaired) electrons. The number of halogens is 1. The van der Waals surface area contributed by atoms with E-state index < -0.39 is 10.8 Å². The molecule has 1 heterocycles. The van der Waals surface area contributed by atoms with Crippen LogP contribution in [-0.2, 0) is 4.84 Å². The van der Waals surface area contributed by atoms with Gasteiger partial charge in [-0.15, -0.1) is 0 Å². The maximum Gasteiger partial charge on any atom is 0.299 e. The topological polar surface area (TPSA) is 119 Å². The number of nitrogens with zero attached hydrogens (tertiary/aromatic N) is 3. The lowest BCUT2D eigenvalue weighted by atomic mass is 10.1. The number of benzene rings is 2. The van der Waals surface area contributed by atoms with E-state index in [9.17, 15) is 14.9 Å². The molecule has 1 aromatic heterocycles. The summed E-state index contributed by atoms with van der Waals surface area (Å²) in [6.07, 6.45) is 4.92. The van der Waals surface area contributed by atoms with Crippen LogP contribution in [0.2, 0.25) is 0 Å². The number of hydroxylamine groups is 1. The highest BCUT2D eigenvalue weighted by atomic mass is 127. The number of nitro groups is 1. The lowest BCUT2D eigenvalue weighted by Gasteiger charge is -2.16. The van der Waals surface area contributed by atoms with Crippen LogP contribution in [0.15, 0.2) is 36.7 Å². The normalized spacial score (nSPS) is 13.3. The molecule has 0 unspecified atom stereocenters. The third-order valence-corrected chi connectivity index (χ3v) is 5.46. The van der Waals surface area contributed by atoms with Crippen molar-refractivity contribution < 1.29 is 14.6 Å². The zero-order chi connectivity index (χ0) is 21.3. The maximum atomic E-state index is 13.0. The van der Waals surface area contributed by atoms with Crippen molar-refractivity contribution in [2.45, 2.75) is 19.8 Å². The summed E-state index contributed by atoms with van der Waals surface area (Å²) in [4.78, 5) is 37.7. The summed E-state index contributed by atoms with van der Waals surface area (Å²) in [6, 6.07) is 7.04. The number of aryl methyl sites for hydroxylation is 1. The number of carbonyl (C=O) groups is 1. The Balaban J connectivity index is 1.80. The Labute approximate surface area is 185 Å². The number of rotatable bonds is 7. The Morgan fingerprint density at radius 3 is 2.63 bits per heavy atom. The fourth-order valence-corrected chi connectivity index (χ4v) is 3.70. The smallest absolute Gasteiger partial charge is 0.299 e. The minimum absolute atomic E-state index is 0.0414. The molecule has 1 saturated carbocycles. The number of hydrogen-bond acceptors (Lipinski definition) is 7. The minimum atomic E-state index is -0.540. The van der Waals surface area contributed by atoms with E-state index in [0.29, 0.717) is 12.5 Å². The molecule has 1 aliphatic carbocycles. The van der Waals surface area contributed by atoms with E-state index >= 15 is 0 Å². The third-order valence-electron chi connectivity index (χ3n) is 4.79. The molecule has 1 aliphatic rings. The first-order valence-electron chi connectivity index (χ1n) is 9.31. The molecular formula is C20H18IN5O4. The molecule has 0 spiro atoms. The highest BCUT2D eigenvalue weighted by Crippen LogP contribution is 2.34. The summed E-state index contributed by atoms with van der Waals surface area (Å²) >= 11 is 2.21. The van der Waals surface area contributed by atoms with Crippen LogP contribution in [0.4, 0.5) is 17.1 Å². The van der Waals surface area contributed by atoms with Crippen molar-refractivity contribution >= 4 is 56.6 Å². The van der Waals surface area contributed by atoms with Gasteiger partial charge in [-0.25, -0.2) is 10.5 Å². The molecule has 2 aromatic carbocycles. The van der Waals surface area contributed by atoms with Gasteiger partial charge in [-0.3, -0.25) is 24.7 Å². The lowest BCUT2D eigenvalue weighted by Crippen LogP contribution is -2.26. The van der Waals surface area contributed by atoms with Gasteiger partial charge in [0.2, 0.25) is 0 Å². The largest absolute Gasteiger partial charge is 0.354 e. The van der Waals surface area contributed by atoms with Crippen molar-refractivity contribution in [1.82, 2.24) is 15.4 Å². The second-order valence-electron chi connectivity index (χ2n) is 7.10. The Hall–Kier alpha value is -2.86. The van der Waals surface area contributed by atoms with E-state index in [1.54, 1.807) is 0 Å². The van der Waals surface area contributed by atoms with E-state index in [1.165, 1.54) is 18.5 Å². The molecule has 3 aromatic rings. The van der Waals surface area contributed by atoms with Gasteiger partial charge in [-0.1, -0.05) is 0 Å². The third kappa shape index (κ3) is 4.33. The SMILES string of the molecule is Cc1cc(I)ccc1Nc1cc([N+](=O)[O-])c2nccnc2c1C(=O)NOCC1CC1. The quantitative estimate of drug-likeness (QED) is 0.272. The molecule has 0 bridgehead atoms. The van der Waals surface area contributed by atoms with Crippen LogP contribution in [0.3, 0.4) is 0 Å². The molecule has 9 nitrogen and oxygen atoms in total. The number of non-ortho nitro benzene ring substituents is 1. The highest BCUT2D eigenvalue weighted by Gasteiger charge is 2.27. The number of aromatic nitrogens is 2. The first kappa shape index (κ1) is 20.4. The van der Waals surface area contributed by atoms with Gasteiger partial charge in [0.15, 0.2) is 5.52 Å². The van der Waals surface area contributed by atoms with E-state index in [1.807, 2.05) is 25.1 Å². The van der Waals surface area contributed by atoms with Gasteiger partial charge >= 0.3 is 0 Å². The van der Waals surface area contributed by atoms with Gasteiger partial charge in [0.05, 0.1) is 22.8 Å².